The normalized spacial score (nSPS) is 12.6. The lowest BCUT2D eigenvalue weighted by molar-refractivity contribution is 0.590. The molecule has 90 valence electrons. The third-order valence-corrected chi connectivity index (χ3v) is 3.77. The molecule has 0 fully saturated rings. The quantitative estimate of drug-likeness (QED) is 0.901. The van der Waals surface area contributed by atoms with E-state index in [1.54, 1.807) is 11.3 Å². The average Bonchev–Trinajstić information content (AvgIpc) is 2.80. The minimum atomic E-state index is 0.275. The van der Waals surface area contributed by atoms with Crippen molar-refractivity contribution < 1.29 is 0 Å². The van der Waals surface area contributed by atoms with Crippen molar-refractivity contribution in [2.24, 2.45) is 0 Å². The van der Waals surface area contributed by atoms with Crippen LogP contribution in [0.3, 0.4) is 0 Å². The largest absolute Gasteiger partial charge is 0.308 e. The Balaban J connectivity index is 2.20. The number of hydrogen-bond acceptors (Lipinski definition) is 4. The summed E-state index contributed by atoms with van der Waals surface area (Å²) in [5, 5.41) is 13.9. The van der Waals surface area contributed by atoms with Crippen LogP contribution in [0.2, 0.25) is 0 Å². The molecule has 1 aromatic heterocycles. The Morgan fingerprint density at radius 3 is 2.59 bits per heavy atom. The van der Waals surface area contributed by atoms with Crippen LogP contribution in [-0.2, 0) is 0 Å². The van der Waals surface area contributed by atoms with Crippen LogP contribution in [-0.4, -0.2) is 16.7 Å². The number of aryl methyl sites for hydroxylation is 1. The number of nitrogens with zero attached hydrogens (tertiary/aromatic N) is 2. The lowest BCUT2D eigenvalue weighted by Crippen LogP contribution is -2.17. The van der Waals surface area contributed by atoms with Crippen molar-refractivity contribution in [1.82, 2.24) is 15.5 Å². The third-order valence-electron chi connectivity index (χ3n) is 2.62. The van der Waals surface area contributed by atoms with Gasteiger partial charge in [0.2, 0.25) is 0 Å². The van der Waals surface area contributed by atoms with E-state index in [1.807, 2.05) is 0 Å². The molecular weight excluding hydrogens is 230 g/mol. The first-order valence-electron chi connectivity index (χ1n) is 5.84. The van der Waals surface area contributed by atoms with Gasteiger partial charge < -0.3 is 5.32 Å². The number of hydrogen-bond donors (Lipinski definition) is 1. The molecule has 0 saturated carbocycles. The highest BCUT2D eigenvalue weighted by Gasteiger charge is 2.11. The van der Waals surface area contributed by atoms with Gasteiger partial charge in [0.15, 0.2) is 0 Å². The summed E-state index contributed by atoms with van der Waals surface area (Å²) in [6, 6.07) is 8.67. The topological polar surface area (TPSA) is 37.8 Å². The second-order valence-electron chi connectivity index (χ2n) is 4.09. The van der Waals surface area contributed by atoms with E-state index in [9.17, 15) is 0 Å². The molecule has 1 atom stereocenters. The smallest absolute Gasteiger partial charge is 0.147 e. The van der Waals surface area contributed by atoms with E-state index < -0.39 is 0 Å². The molecule has 0 radical (unpaired) electrons. The molecule has 3 nitrogen and oxygen atoms in total. The Hall–Kier alpha value is -1.26. The second-order valence-corrected chi connectivity index (χ2v) is 5.10. The summed E-state index contributed by atoms with van der Waals surface area (Å²) in [5.41, 5.74) is 2.41. The van der Waals surface area contributed by atoms with Crippen molar-refractivity contribution in [3.05, 3.63) is 34.8 Å². The van der Waals surface area contributed by atoms with Gasteiger partial charge in [-0.25, -0.2) is 0 Å². The first-order valence-corrected chi connectivity index (χ1v) is 6.66. The number of nitrogens with one attached hydrogen (secondary N) is 1. The van der Waals surface area contributed by atoms with Gasteiger partial charge in [0.05, 0.1) is 6.04 Å². The zero-order valence-corrected chi connectivity index (χ0v) is 11.2. The molecule has 0 amide bonds. The molecule has 0 aliphatic rings. The first kappa shape index (κ1) is 12.2. The van der Waals surface area contributed by atoms with Crippen LogP contribution in [0.15, 0.2) is 24.3 Å². The zero-order valence-electron chi connectivity index (χ0n) is 10.4. The van der Waals surface area contributed by atoms with Gasteiger partial charge in [-0.3, -0.25) is 0 Å². The molecule has 0 spiro atoms. The summed E-state index contributed by atoms with van der Waals surface area (Å²) in [5.74, 6) is 0. The van der Waals surface area contributed by atoms with Gasteiger partial charge in [-0.15, -0.1) is 10.2 Å². The standard InChI is InChI=1S/C13H17N3S/c1-4-14-10(3)12-15-16-13(17-12)11-7-5-9(2)6-8-11/h5-8,10,14H,4H2,1-3H3. The molecule has 0 aliphatic heterocycles. The minimum absolute atomic E-state index is 0.275. The van der Waals surface area contributed by atoms with Crippen molar-refractivity contribution in [3.63, 3.8) is 0 Å². The highest BCUT2D eigenvalue weighted by Crippen LogP contribution is 2.26. The van der Waals surface area contributed by atoms with Crippen LogP contribution in [0.25, 0.3) is 10.6 Å². The molecule has 2 aromatic rings. The highest BCUT2D eigenvalue weighted by molar-refractivity contribution is 7.14. The molecule has 1 N–H and O–H groups in total. The fraction of sp³-hybridized carbons (Fsp3) is 0.385. The maximum Gasteiger partial charge on any atom is 0.147 e. The Bertz CT molecular complexity index is 476. The molecule has 1 unspecified atom stereocenters. The first-order chi connectivity index (χ1) is 8.20. The van der Waals surface area contributed by atoms with Gasteiger partial charge in [-0.1, -0.05) is 48.1 Å². The van der Waals surface area contributed by atoms with E-state index >= 15 is 0 Å². The van der Waals surface area contributed by atoms with Crippen molar-refractivity contribution >= 4 is 11.3 Å². The fourth-order valence-corrected chi connectivity index (χ4v) is 2.49. The predicted octanol–water partition coefficient (Wildman–Crippen LogP) is 3.18. The number of aromatic nitrogens is 2. The predicted molar refractivity (Wildman–Crippen MR) is 72.2 cm³/mol. The van der Waals surface area contributed by atoms with Gasteiger partial charge in [0, 0.05) is 5.56 Å². The van der Waals surface area contributed by atoms with E-state index in [4.69, 9.17) is 0 Å². The van der Waals surface area contributed by atoms with Crippen LogP contribution in [0.5, 0.6) is 0 Å². The fourth-order valence-electron chi connectivity index (χ4n) is 1.62. The van der Waals surface area contributed by atoms with E-state index in [1.165, 1.54) is 5.56 Å². The number of benzene rings is 1. The third kappa shape index (κ3) is 2.90. The summed E-state index contributed by atoms with van der Waals surface area (Å²) in [6.07, 6.45) is 0. The SMILES string of the molecule is CCNC(C)c1nnc(-c2ccc(C)cc2)s1. The van der Waals surface area contributed by atoms with Gasteiger partial charge in [-0.2, -0.15) is 0 Å². The van der Waals surface area contributed by atoms with Gasteiger partial charge in [-0.05, 0) is 20.4 Å². The van der Waals surface area contributed by atoms with E-state index in [0.29, 0.717) is 0 Å². The summed E-state index contributed by atoms with van der Waals surface area (Å²) < 4.78 is 0. The molecule has 2 rings (SSSR count). The lowest BCUT2D eigenvalue weighted by atomic mass is 10.2. The monoisotopic (exact) mass is 247 g/mol. The summed E-state index contributed by atoms with van der Waals surface area (Å²) in [4.78, 5) is 0. The Morgan fingerprint density at radius 1 is 1.24 bits per heavy atom. The molecule has 0 bridgehead atoms. The van der Waals surface area contributed by atoms with Crippen molar-refractivity contribution in [1.29, 1.82) is 0 Å². The molecular formula is C13H17N3S. The van der Waals surface area contributed by atoms with Crippen LogP contribution >= 0.6 is 11.3 Å². The summed E-state index contributed by atoms with van der Waals surface area (Å²) in [6.45, 7) is 7.24. The minimum Gasteiger partial charge on any atom is -0.308 e. The molecule has 4 heteroatoms. The van der Waals surface area contributed by atoms with Crippen molar-refractivity contribution in [3.8, 4) is 10.6 Å². The highest BCUT2D eigenvalue weighted by atomic mass is 32.1. The van der Waals surface area contributed by atoms with Crippen LogP contribution in [0.4, 0.5) is 0 Å². The van der Waals surface area contributed by atoms with E-state index in [2.05, 4.69) is 60.6 Å². The summed E-state index contributed by atoms with van der Waals surface area (Å²) >= 11 is 1.66. The molecule has 0 aliphatic carbocycles. The molecule has 1 heterocycles. The Morgan fingerprint density at radius 2 is 1.94 bits per heavy atom. The van der Waals surface area contributed by atoms with Gasteiger partial charge in [0.1, 0.15) is 10.0 Å². The Kier molecular flexibility index (Phi) is 3.86. The van der Waals surface area contributed by atoms with Crippen LogP contribution in [0, 0.1) is 6.92 Å². The average molecular weight is 247 g/mol. The van der Waals surface area contributed by atoms with Crippen molar-refractivity contribution in [2.75, 3.05) is 6.54 Å². The van der Waals surface area contributed by atoms with Crippen LogP contribution < -0.4 is 5.32 Å². The second kappa shape index (κ2) is 5.38. The maximum absolute atomic E-state index is 4.25. The van der Waals surface area contributed by atoms with E-state index in [0.717, 1.165) is 22.1 Å². The lowest BCUT2D eigenvalue weighted by Gasteiger charge is -2.06. The number of rotatable bonds is 4. The molecule has 17 heavy (non-hydrogen) atoms. The van der Waals surface area contributed by atoms with Gasteiger partial charge in [0.25, 0.3) is 0 Å². The van der Waals surface area contributed by atoms with Gasteiger partial charge >= 0.3 is 0 Å². The summed E-state index contributed by atoms with van der Waals surface area (Å²) in [7, 11) is 0. The van der Waals surface area contributed by atoms with Crippen LogP contribution in [0.1, 0.15) is 30.5 Å². The van der Waals surface area contributed by atoms with Crippen molar-refractivity contribution in [2.45, 2.75) is 26.8 Å². The molecule has 0 saturated heterocycles. The Labute approximate surface area is 106 Å². The zero-order chi connectivity index (χ0) is 12.3. The van der Waals surface area contributed by atoms with E-state index in [-0.39, 0.29) is 6.04 Å². The maximum atomic E-state index is 4.25. The molecule has 1 aromatic carbocycles.